The molecular weight excluding hydrogens is 152 g/mol. The fraction of sp³-hybridized carbons (Fsp3) is 0.700. The molecule has 2 bridgehead atoms. The van der Waals surface area contributed by atoms with Gasteiger partial charge in [-0.05, 0) is 12.8 Å². The molecular formula is C10H14O2. The number of carbonyl (C=O) groups excluding carboxylic acids is 1. The Morgan fingerprint density at radius 1 is 1.42 bits per heavy atom. The quantitative estimate of drug-likeness (QED) is 0.582. The first-order valence-corrected chi connectivity index (χ1v) is 4.51. The van der Waals surface area contributed by atoms with Gasteiger partial charge in [0, 0.05) is 12.3 Å². The van der Waals surface area contributed by atoms with Gasteiger partial charge >= 0.3 is 0 Å². The average Bonchev–Trinajstić information content (AvgIpc) is 2.53. The molecule has 0 aromatic rings. The van der Waals surface area contributed by atoms with Crippen molar-refractivity contribution in [3.05, 3.63) is 12.2 Å². The van der Waals surface area contributed by atoms with Crippen LogP contribution in [-0.4, -0.2) is 18.0 Å². The summed E-state index contributed by atoms with van der Waals surface area (Å²) in [4.78, 5) is 10.9. The molecule has 4 atom stereocenters. The van der Waals surface area contributed by atoms with E-state index in [2.05, 4.69) is 19.1 Å². The summed E-state index contributed by atoms with van der Waals surface area (Å²) in [5.41, 5.74) is 0. The van der Waals surface area contributed by atoms with Gasteiger partial charge in [0.15, 0.2) is 0 Å². The summed E-state index contributed by atoms with van der Waals surface area (Å²) in [5.74, 6) is 1.22. The molecule has 0 N–H and O–H groups in total. The predicted molar refractivity (Wildman–Crippen MR) is 45.8 cm³/mol. The highest BCUT2D eigenvalue weighted by atomic mass is 16.5. The Labute approximate surface area is 72.6 Å². The summed E-state index contributed by atoms with van der Waals surface area (Å²) in [6, 6.07) is 0. The molecule has 2 aliphatic rings. The third-order valence-corrected chi connectivity index (χ3v) is 2.94. The Hall–Kier alpha value is -0.630. The van der Waals surface area contributed by atoms with Gasteiger partial charge in [-0.1, -0.05) is 19.1 Å². The minimum Gasteiger partial charge on any atom is -0.366 e. The molecule has 4 unspecified atom stereocenters. The van der Waals surface area contributed by atoms with Gasteiger partial charge in [-0.15, -0.1) is 0 Å². The molecule has 0 aliphatic carbocycles. The van der Waals surface area contributed by atoms with Crippen molar-refractivity contribution in [2.75, 3.05) is 0 Å². The normalized spacial score (nSPS) is 43.8. The third-order valence-electron chi connectivity index (χ3n) is 2.94. The van der Waals surface area contributed by atoms with E-state index in [1.165, 1.54) is 0 Å². The Balaban J connectivity index is 2.08. The average molecular weight is 166 g/mol. The fourth-order valence-corrected chi connectivity index (χ4v) is 2.21. The highest BCUT2D eigenvalue weighted by Crippen LogP contribution is 2.40. The largest absolute Gasteiger partial charge is 0.366 e. The van der Waals surface area contributed by atoms with E-state index in [9.17, 15) is 4.79 Å². The lowest BCUT2D eigenvalue weighted by molar-refractivity contribution is -0.118. The maximum Gasteiger partial charge on any atom is 0.130 e. The number of ether oxygens (including phenoxy) is 1. The molecule has 0 aromatic heterocycles. The maximum atomic E-state index is 10.9. The van der Waals surface area contributed by atoms with Crippen molar-refractivity contribution >= 4 is 5.78 Å². The zero-order chi connectivity index (χ0) is 8.72. The van der Waals surface area contributed by atoms with E-state index < -0.39 is 0 Å². The molecule has 12 heavy (non-hydrogen) atoms. The minimum atomic E-state index is 0.217. The van der Waals surface area contributed by atoms with Crippen LogP contribution in [0.1, 0.15) is 20.3 Å². The summed E-state index contributed by atoms with van der Waals surface area (Å²) in [6.45, 7) is 3.82. The Bertz CT molecular complexity index is 232. The summed E-state index contributed by atoms with van der Waals surface area (Å²) in [6.07, 6.45) is 5.38. The van der Waals surface area contributed by atoms with Crippen molar-refractivity contribution in [3.8, 4) is 0 Å². The number of hydrogen-bond donors (Lipinski definition) is 0. The second-order valence-electron chi connectivity index (χ2n) is 3.88. The Morgan fingerprint density at radius 3 is 2.58 bits per heavy atom. The fourth-order valence-electron chi connectivity index (χ4n) is 2.21. The first-order valence-electron chi connectivity index (χ1n) is 4.51. The van der Waals surface area contributed by atoms with Crippen molar-refractivity contribution in [1.82, 2.24) is 0 Å². The number of carbonyl (C=O) groups is 1. The SMILES string of the molecule is CC(=O)CC1C2C=CC(O2)C1C. The summed E-state index contributed by atoms with van der Waals surface area (Å²) < 4.78 is 5.63. The molecule has 66 valence electrons. The van der Waals surface area contributed by atoms with E-state index in [1.807, 2.05) is 0 Å². The highest BCUT2D eigenvalue weighted by Gasteiger charge is 2.43. The van der Waals surface area contributed by atoms with Crippen LogP contribution in [0, 0.1) is 11.8 Å². The highest BCUT2D eigenvalue weighted by molar-refractivity contribution is 5.76. The van der Waals surface area contributed by atoms with Gasteiger partial charge in [-0.25, -0.2) is 0 Å². The van der Waals surface area contributed by atoms with Crippen LogP contribution in [0.5, 0.6) is 0 Å². The standard InChI is InChI=1S/C10H14O2/c1-6(11)5-8-7(2)9-3-4-10(8)12-9/h3-4,7-10H,5H2,1-2H3. The van der Waals surface area contributed by atoms with Gasteiger partial charge in [0.25, 0.3) is 0 Å². The van der Waals surface area contributed by atoms with E-state index in [0.29, 0.717) is 18.3 Å². The van der Waals surface area contributed by atoms with E-state index >= 15 is 0 Å². The van der Waals surface area contributed by atoms with Gasteiger partial charge in [-0.3, -0.25) is 0 Å². The summed E-state index contributed by atoms with van der Waals surface area (Å²) in [5, 5.41) is 0. The third kappa shape index (κ3) is 1.11. The monoisotopic (exact) mass is 166 g/mol. The predicted octanol–water partition coefficient (Wildman–Crippen LogP) is 1.55. The molecule has 0 amide bonds. The first kappa shape index (κ1) is 7.99. The maximum absolute atomic E-state index is 10.9. The molecule has 2 rings (SSSR count). The molecule has 0 radical (unpaired) electrons. The van der Waals surface area contributed by atoms with Crippen molar-refractivity contribution in [2.45, 2.75) is 32.5 Å². The number of Topliss-reactive ketones (excluding diaryl/α,β-unsaturated/α-hetero) is 1. The molecule has 2 nitrogen and oxygen atoms in total. The van der Waals surface area contributed by atoms with Crippen LogP contribution in [0.2, 0.25) is 0 Å². The number of fused-ring (bicyclic) bond motifs is 2. The van der Waals surface area contributed by atoms with Crippen LogP contribution >= 0.6 is 0 Å². The van der Waals surface area contributed by atoms with Gasteiger partial charge in [0.2, 0.25) is 0 Å². The van der Waals surface area contributed by atoms with Crippen molar-refractivity contribution in [3.63, 3.8) is 0 Å². The van der Waals surface area contributed by atoms with Gasteiger partial charge in [0.1, 0.15) is 5.78 Å². The van der Waals surface area contributed by atoms with Crippen molar-refractivity contribution in [1.29, 1.82) is 0 Å². The van der Waals surface area contributed by atoms with Crippen LogP contribution in [0.15, 0.2) is 12.2 Å². The van der Waals surface area contributed by atoms with E-state index in [4.69, 9.17) is 4.74 Å². The molecule has 0 aromatic carbocycles. The van der Waals surface area contributed by atoms with Crippen molar-refractivity contribution < 1.29 is 9.53 Å². The smallest absolute Gasteiger partial charge is 0.130 e. The van der Waals surface area contributed by atoms with Crippen LogP contribution < -0.4 is 0 Å². The van der Waals surface area contributed by atoms with E-state index in [-0.39, 0.29) is 18.0 Å². The number of hydrogen-bond acceptors (Lipinski definition) is 2. The molecule has 2 heterocycles. The number of rotatable bonds is 2. The molecule has 1 saturated heterocycles. The molecule has 0 saturated carbocycles. The van der Waals surface area contributed by atoms with E-state index in [0.717, 1.165) is 0 Å². The molecule has 2 heteroatoms. The zero-order valence-electron chi connectivity index (χ0n) is 7.49. The molecule has 1 fully saturated rings. The van der Waals surface area contributed by atoms with Crippen LogP contribution in [0.25, 0.3) is 0 Å². The lowest BCUT2D eigenvalue weighted by atomic mass is 9.81. The molecule has 0 spiro atoms. The van der Waals surface area contributed by atoms with Crippen LogP contribution in [0.3, 0.4) is 0 Å². The summed E-state index contributed by atoms with van der Waals surface area (Å²) in [7, 11) is 0. The van der Waals surface area contributed by atoms with E-state index in [1.54, 1.807) is 6.92 Å². The first-order chi connectivity index (χ1) is 5.68. The second kappa shape index (κ2) is 2.70. The van der Waals surface area contributed by atoms with Gasteiger partial charge in [0.05, 0.1) is 12.2 Å². The van der Waals surface area contributed by atoms with Crippen LogP contribution in [-0.2, 0) is 9.53 Å². The summed E-state index contributed by atoms with van der Waals surface area (Å²) >= 11 is 0. The Morgan fingerprint density at radius 2 is 2.08 bits per heavy atom. The van der Waals surface area contributed by atoms with Gasteiger partial charge in [-0.2, -0.15) is 0 Å². The lowest BCUT2D eigenvalue weighted by Crippen LogP contribution is -2.23. The van der Waals surface area contributed by atoms with Gasteiger partial charge < -0.3 is 9.53 Å². The Kier molecular flexibility index (Phi) is 1.80. The zero-order valence-corrected chi connectivity index (χ0v) is 7.49. The topological polar surface area (TPSA) is 26.3 Å². The minimum absolute atomic E-state index is 0.217. The van der Waals surface area contributed by atoms with Crippen LogP contribution in [0.4, 0.5) is 0 Å². The molecule has 2 aliphatic heterocycles. The second-order valence-corrected chi connectivity index (χ2v) is 3.88. The van der Waals surface area contributed by atoms with Crippen molar-refractivity contribution in [2.24, 2.45) is 11.8 Å². The lowest BCUT2D eigenvalue weighted by Gasteiger charge is -2.19. The number of ketones is 1.